The summed E-state index contributed by atoms with van der Waals surface area (Å²) in [6.07, 6.45) is 4.71. The molecule has 0 amide bonds. The van der Waals surface area contributed by atoms with E-state index in [4.69, 9.17) is 16.7 Å². The third kappa shape index (κ3) is 1.51. The molecule has 0 saturated heterocycles. The van der Waals surface area contributed by atoms with Gasteiger partial charge in [-0.05, 0) is 6.07 Å². The number of aromatic nitrogens is 2. The predicted octanol–water partition coefficient (Wildman–Crippen LogP) is 1.74. The molecule has 0 atom stereocenters. The van der Waals surface area contributed by atoms with E-state index in [-0.39, 0.29) is 5.56 Å². The summed E-state index contributed by atoms with van der Waals surface area (Å²) < 4.78 is 1.80. The van der Waals surface area contributed by atoms with Gasteiger partial charge in [-0.15, -0.1) is 0 Å². The van der Waals surface area contributed by atoms with Gasteiger partial charge in [0.2, 0.25) is 5.78 Å². The molecule has 0 spiro atoms. The van der Waals surface area contributed by atoms with Crippen LogP contribution in [0.2, 0.25) is 5.02 Å². The van der Waals surface area contributed by atoms with Crippen LogP contribution in [0.3, 0.4) is 0 Å². The van der Waals surface area contributed by atoms with Crippen LogP contribution in [0.4, 0.5) is 0 Å². The summed E-state index contributed by atoms with van der Waals surface area (Å²) in [7, 11) is 1.83. The van der Waals surface area contributed by atoms with Gasteiger partial charge in [0.25, 0.3) is 0 Å². The van der Waals surface area contributed by atoms with Gasteiger partial charge in [-0.1, -0.05) is 11.6 Å². The molecule has 5 heteroatoms. The standard InChI is InChI=1S/C11H7ClN2O2/c1-14-4-2-7-10(12)8(6-13-11(7)14)9(16)3-5-15/h2,4,6,15H,1H3. The van der Waals surface area contributed by atoms with E-state index >= 15 is 0 Å². The lowest BCUT2D eigenvalue weighted by Gasteiger charge is -2.00. The largest absolute Gasteiger partial charge is 0.462 e. The van der Waals surface area contributed by atoms with Crippen LogP contribution in [0, 0.1) is 12.0 Å². The van der Waals surface area contributed by atoms with E-state index in [2.05, 4.69) is 4.98 Å². The fraction of sp³-hybridized carbons (Fsp3) is 0.0909. The molecule has 4 nitrogen and oxygen atoms in total. The summed E-state index contributed by atoms with van der Waals surface area (Å²) >= 11 is 6.06. The van der Waals surface area contributed by atoms with E-state index in [1.807, 2.05) is 13.0 Å². The van der Waals surface area contributed by atoms with Crippen LogP contribution < -0.4 is 0 Å². The van der Waals surface area contributed by atoms with Crippen LogP contribution >= 0.6 is 11.6 Å². The Balaban J connectivity index is 2.68. The number of ketones is 1. The zero-order valence-electron chi connectivity index (χ0n) is 8.36. The monoisotopic (exact) mass is 234 g/mol. The van der Waals surface area contributed by atoms with Gasteiger partial charge in [-0.3, -0.25) is 4.79 Å². The Bertz CT molecular complexity index is 634. The first-order valence-electron chi connectivity index (χ1n) is 4.44. The summed E-state index contributed by atoms with van der Waals surface area (Å²) in [6.45, 7) is 0. The molecule has 0 aliphatic heterocycles. The lowest BCUT2D eigenvalue weighted by molar-refractivity contribution is 0.105. The number of carbonyl (C=O) groups excluding carboxylic acids is 1. The molecule has 0 unspecified atom stereocenters. The number of carbonyl (C=O) groups is 1. The van der Waals surface area contributed by atoms with Crippen molar-refractivity contribution in [1.82, 2.24) is 9.55 Å². The highest BCUT2D eigenvalue weighted by Gasteiger charge is 2.13. The van der Waals surface area contributed by atoms with E-state index in [9.17, 15) is 4.79 Å². The van der Waals surface area contributed by atoms with Crippen molar-refractivity contribution in [1.29, 1.82) is 0 Å². The van der Waals surface area contributed by atoms with Crippen LogP contribution in [0.1, 0.15) is 10.4 Å². The fourth-order valence-electron chi connectivity index (χ4n) is 1.46. The van der Waals surface area contributed by atoms with E-state index in [1.54, 1.807) is 22.9 Å². The Morgan fingerprint density at radius 2 is 2.38 bits per heavy atom. The highest BCUT2D eigenvalue weighted by molar-refractivity contribution is 6.39. The van der Waals surface area contributed by atoms with E-state index in [0.717, 1.165) is 0 Å². The molecule has 2 aromatic heterocycles. The minimum Gasteiger partial charge on any atom is -0.462 e. The number of aliphatic hydroxyl groups is 1. The first-order valence-corrected chi connectivity index (χ1v) is 4.82. The maximum absolute atomic E-state index is 11.5. The lowest BCUT2D eigenvalue weighted by Crippen LogP contribution is -1.99. The van der Waals surface area contributed by atoms with Gasteiger partial charge in [0.15, 0.2) is 0 Å². The quantitative estimate of drug-likeness (QED) is 0.604. The highest BCUT2D eigenvalue weighted by Crippen LogP contribution is 2.26. The lowest BCUT2D eigenvalue weighted by atomic mass is 10.1. The first kappa shape index (κ1) is 10.5. The summed E-state index contributed by atoms with van der Waals surface area (Å²) in [5, 5.41) is 9.35. The molecule has 0 radical (unpaired) electrons. The van der Waals surface area contributed by atoms with Gasteiger partial charge in [-0.2, -0.15) is 0 Å². The van der Waals surface area contributed by atoms with Crippen molar-refractivity contribution in [2.24, 2.45) is 7.05 Å². The molecule has 0 aliphatic carbocycles. The number of Topliss-reactive ketones (excluding diaryl/α,β-unsaturated/α-hetero) is 1. The van der Waals surface area contributed by atoms with Crippen LogP contribution in [-0.2, 0) is 7.05 Å². The molecule has 0 bridgehead atoms. The second-order valence-electron chi connectivity index (χ2n) is 3.22. The molecule has 1 N–H and O–H groups in total. The number of hydrogen-bond donors (Lipinski definition) is 1. The van der Waals surface area contributed by atoms with Crippen LogP contribution in [0.15, 0.2) is 18.5 Å². The molecule has 0 aliphatic rings. The average molecular weight is 235 g/mol. The molecule has 2 heterocycles. The Kier molecular flexibility index (Phi) is 2.55. The second kappa shape index (κ2) is 3.87. The van der Waals surface area contributed by atoms with Crippen molar-refractivity contribution in [3.8, 4) is 12.0 Å². The Labute approximate surface area is 96.5 Å². The van der Waals surface area contributed by atoms with Crippen molar-refractivity contribution in [3.63, 3.8) is 0 Å². The number of pyridine rings is 1. The smallest absolute Gasteiger partial charge is 0.242 e. The maximum atomic E-state index is 11.5. The number of rotatable bonds is 1. The van der Waals surface area contributed by atoms with Gasteiger partial charge in [0.05, 0.1) is 10.6 Å². The number of nitrogens with zero attached hydrogens (tertiary/aromatic N) is 2. The van der Waals surface area contributed by atoms with Gasteiger partial charge < -0.3 is 9.67 Å². The van der Waals surface area contributed by atoms with Crippen LogP contribution in [-0.4, -0.2) is 20.4 Å². The normalized spacial score (nSPS) is 9.88. The van der Waals surface area contributed by atoms with Crippen molar-refractivity contribution in [3.05, 3.63) is 29.0 Å². The Morgan fingerprint density at radius 1 is 1.62 bits per heavy atom. The van der Waals surface area contributed by atoms with E-state index in [0.29, 0.717) is 16.1 Å². The minimum atomic E-state index is -0.550. The molecule has 0 saturated carbocycles. The van der Waals surface area contributed by atoms with E-state index in [1.165, 1.54) is 6.20 Å². The SMILES string of the molecule is Cn1ccc2c(Cl)c(C(=O)C#CO)cnc21. The van der Waals surface area contributed by atoms with Crippen LogP contribution in [0.25, 0.3) is 11.0 Å². The third-order valence-electron chi connectivity index (χ3n) is 2.24. The molecular weight excluding hydrogens is 228 g/mol. The summed E-state index contributed by atoms with van der Waals surface area (Å²) in [6, 6.07) is 1.77. The summed E-state index contributed by atoms with van der Waals surface area (Å²) in [5.74, 6) is 1.46. The van der Waals surface area contributed by atoms with Gasteiger partial charge in [-0.25, -0.2) is 4.98 Å². The topological polar surface area (TPSA) is 55.1 Å². The van der Waals surface area contributed by atoms with Gasteiger partial charge >= 0.3 is 0 Å². The summed E-state index contributed by atoms with van der Waals surface area (Å²) in [5.41, 5.74) is 0.889. The average Bonchev–Trinajstić information content (AvgIpc) is 2.62. The number of aryl methyl sites for hydroxylation is 1. The Hall–Kier alpha value is -1.99. The minimum absolute atomic E-state index is 0.196. The molecule has 2 rings (SSSR count). The number of aliphatic hydroxyl groups excluding tert-OH is 1. The Morgan fingerprint density at radius 3 is 3.06 bits per heavy atom. The molecule has 0 aromatic carbocycles. The number of hydrogen-bond acceptors (Lipinski definition) is 3. The van der Waals surface area contributed by atoms with E-state index < -0.39 is 5.78 Å². The molecule has 80 valence electrons. The van der Waals surface area contributed by atoms with Crippen LogP contribution in [0.5, 0.6) is 0 Å². The molecule has 0 fully saturated rings. The zero-order valence-corrected chi connectivity index (χ0v) is 9.12. The zero-order chi connectivity index (χ0) is 11.7. The first-order chi connectivity index (χ1) is 7.65. The molecule has 16 heavy (non-hydrogen) atoms. The third-order valence-corrected chi connectivity index (χ3v) is 2.65. The maximum Gasteiger partial charge on any atom is 0.242 e. The fourth-order valence-corrected chi connectivity index (χ4v) is 1.74. The molecule has 2 aromatic rings. The van der Waals surface area contributed by atoms with Crippen molar-refractivity contribution < 1.29 is 9.90 Å². The second-order valence-corrected chi connectivity index (χ2v) is 3.59. The highest BCUT2D eigenvalue weighted by atomic mass is 35.5. The van der Waals surface area contributed by atoms with Crippen molar-refractivity contribution >= 4 is 28.4 Å². The summed E-state index contributed by atoms with van der Waals surface area (Å²) in [4.78, 5) is 15.6. The number of fused-ring (bicyclic) bond motifs is 1. The molecular formula is C11H7ClN2O2. The van der Waals surface area contributed by atoms with Crippen molar-refractivity contribution in [2.45, 2.75) is 0 Å². The predicted molar refractivity (Wildman–Crippen MR) is 59.8 cm³/mol. The number of halogens is 1. The van der Waals surface area contributed by atoms with Gasteiger partial charge in [0, 0.05) is 30.7 Å². The van der Waals surface area contributed by atoms with Crippen molar-refractivity contribution in [2.75, 3.05) is 0 Å². The van der Waals surface area contributed by atoms with Gasteiger partial charge in [0.1, 0.15) is 11.8 Å².